The van der Waals surface area contributed by atoms with E-state index in [0.717, 1.165) is 11.8 Å². The lowest BCUT2D eigenvalue weighted by atomic mass is 9.84. The summed E-state index contributed by atoms with van der Waals surface area (Å²) in [6, 6.07) is 9.41. The number of rotatable bonds is 3. The van der Waals surface area contributed by atoms with Crippen molar-refractivity contribution in [2.45, 2.75) is 58.3 Å². The van der Waals surface area contributed by atoms with Crippen molar-refractivity contribution < 1.29 is 0 Å². The van der Waals surface area contributed by atoms with Gasteiger partial charge in [-0.25, -0.2) is 0 Å². The molecule has 0 bridgehead atoms. The van der Waals surface area contributed by atoms with Crippen LogP contribution in [0.4, 0.5) is 0 Å². The number of benzene rings is 1. The molecule has 0 aliphatic heterocycles. The first-order valence-corrected chi connectivity index (χ1v) is 6.84. The maximum Gasteiger partial charge on any atom is -0.0162 e. The predicted molar refractivity (Wildman–Crippen MR) is 70.8 cm³/mol. The molecule has 1 aliphatic rings. The molecule has 0 spiro atoms. The largest absolute Gasteiger partial charge is 0.0625 e. The highest BCUT2D eigenvalue weighted by Gasteiger charge is 2.14. The Kier molecular flexibility index (Phi) is 4.04. The number of hydrogen-bond donors (Lipinski definition) is 0. The van der Waals surface area contributed by atoms with E-state index in [2.05, 4.69) is 38.1 Å². The minimum absolute atomic E-state index is 0.764. The van der Waals surface area contributed by atoms with Gasteiger partial charge in [-0.05, 0) is 42.2 Å². The summed E-state index contributed by atoms with van der Waals surface area (Å²) >= 11 is 0. The molecule has 1 aliphatic carbocycles. The smallest absolute Gasteiger partial charge is 0.0162 e. The van der Waals surface area contributed by atoms with Gasteiger partial charge in [0.1, 0.15) is 0 Å². The zero-order valence-corrected chi connectivity index (χ0v) is 10.7. The lowest BCUT2D eigenvalue weighted by molar-refractivity contribution is 0.443. The maximum atomic E-state index is 2.37. The minimum Gasteiger partial charge on any atom is -0.0625 e. The Balaban J connectivity index is 2.00. The Morgan fingerprint density at radius 1 is 1.00 bits per heavy atom. The second-order valence-corrected chi connectivity index (χ2v) is 5.67. The maximum absolute atomic E-state index is 2.37. The summed E-state index contributed by atoms with van der Waals surface area (Å²) < 4.78 is 0. The van der Waals surface area contributed by atoms with Crippen LogP contribution in [0.25, 0.3) is 0 Å². The summed E-state index contributed by atoms with van der Waals surface area (Å²) in [6.45, 7) is 4.57. The molecular formula is C16H24. The van der Waals surface area contributed by atoms with E-state index in [4.69, 9.17) is 0 Å². The first-order valence-electron chi connectivity index (χ1n) is 6.84. The van der Waals surface area contributed by atoms with Gasteiger partial charge in [0.25, 0.3) is 0 Å². The van der Waals surface area contributed by atoms with E-state index in [1.807, 2.05) is 0 Å². The topological polar surface area (TPSA) is 0 Å². The van der Waals surface area contributed by atoms with E-state index in [1.165, 1.54) is 44.1 Å². The van der Waals surface area contributed by atoms with Gasteiger partial charge in [0, 0.05) is 0 Å². The van der Waals surface area contributed by atoms with Crippen LogP contribution in [0.3, 0.4) is 0 Å². The van der Waals surface area contributed by atoms with Crippen LogP contribution in [-0.2, 0) is 6.42 Å². The van der Waals surface area contributed by atoms with Crippen LogP contribution in [0.1, 0.15) is 63.0 Å². The monoisotopic (exact) mass is 216 g/mol. The molecule has 2 rings (SSSR count). The van der Waals surface area contributed by atoms with Gasteiger partial charge in [0.05, 0.1) is 0 Å². The third-order valence-corrected chi connectivity index (χ3v) is 3.70. The van der Waals surface area contributed by atoms with Crippen LogP contribution in [-0.4, -0.2) is 0 Å². The molecule has 0 radical (unpaired) electrons. The zero-order valence-electron chi connectivity index (χ0n) is 10.7. The SMILES string of the molecule is CC(C)Cc1ccc(C2CCCCC2)cc1. The van der Waals surface area contributed by atoms with Gasteiger partial charge in [-0.2, -0.15) is 0 Å². The van der Waals surface area contributed by atoms with E-state index in [0.29, 0.717) is 0 Å². The van der Waals surface area contributed by atoms with Gasteiger partial charge in [-0.3, -0.25) is 0 Å². The average Bonchev–Trinajstić information content (AvgIpc) is 2.30. The Hall–Kier alpha value is -0.780. The van der Waals surface area contributed by atoms with Crippen LogP contribution in [0.5, 0.6) is 0 Å². The lowest BCUT2D eigenvalue weighted by Crippen LogP contribution is -2.04. The fraction of sp³-hybridized carbons (Fsp3) is 0.625. The van der Waals surface area contributed by atoms with Gasteiger partial charge in [0.15, 0.2) is 0 Å². The summed E-state index contributed by atoms with van der Waals surface area (Å²) in [4.78, 5) is 0. The zero-order chi connectivity index (χ0) is 11.4. The van der Waals surface area contributed by atoms with Crippen molar-refractivity contribution in [2.24, 2.45) is 5.92 Å². The van der Waals surface area contributed by atoms with Crippen molar-refractivity contribution in [3.63, 3.8) is 0 Å². The van der Waals surface area contributed by atoms with Gasteiger partial charge in [-0.15, -0.1) is 0 Å². The average molecular weight is 216 g/mol. The molecule has 0 amide bonds. The molecule has 1 fully saturated rings. The molecule has 0 heterocycles. The molecule has 1 aromatic carbocycles. The molecule has 0 aromatic heterocycles. The van der Waals surface area contributed by atoms with Crippen LogP contribution >= 0.6 is 0 Å². The highest BCUT2D eigenvalue weighted by Crippen LogP contribution is 2.32. The molecule has 0 heteroatoms. The molecule has 0 nitrogen and oxygen atoms in total. The molecule has 16 heavy (non-hydrogen) atoms. The van der Waals surface area contributed by atoms with Gasteiger partial charge >= 0.3 is 0 Å². The normalized spacial score (nSPS) is 17.9. The molecule has 88 valence electrons. The molecule has 1 saturated carbocycles. The Morgan fingerprint density at radius 3 is 2.19 bits per heavy atom. The summed E-state index contributed by atoms with van der Waals surface area (Å²) in [5.41, 5.74) is 3.07. The minimum atomic E-state index is 0.764. The van der Waals surface area contributed by atoms with E-state index >= 15 is 0 Å². The molecule has 0 atom stereocenters. The van der Waals surface area contributed by atoms with Crippen LogP contribution in [0.2, 0.25) is 0 Å². The Bertz CT molecular complexity index is 301. The second-order valence-electron chi connectivity index (χ2n) is 5.67. The van der Waals surface area contributed by atoms with E-state index < -0.39 is 0 Å². The highest BCUT2D eigenvalue weighted by atomic mass is 14.2. The number of hydrogen-bond acceptors (Lipinski definition) is 0. The third kappa shape index (κ3) is 3.10. The summed E-state index contributed by atoms with van der Waals surface area (Å²) in [5.74, 6) is 1.61. The lowest BCUT2D eigenvalue weighted by Gasteiger charge is -2.22. The Labute approximate surface area is 100 Å². The standard InChI is InChI=1S/C16H24/c1-13(2)12-14-8-10-16(11-9-14)15-6-4-3-5-7-15/h8-11,13,15H,3-7,12H2,1-2H3. The van der Waals surface area contributed by atoms with Gasteiger partial charge in [0.2, 0.25) is 0 Å². The third-order valence-electron chi connectivity index (χ3n) is 3.70. The van der Waals surface area contributed by atoms with Crippen LogP contribution in [0.15, 0.2) is 24.3 Å². The van der Waals surface area contributed by atoms with Crippen molar-refractivity contribution in [3.05, 3.63) is 35.4 Å². The van der Waals surface area contributed by atoms with Crippen molar-refractivity contribution in [1.29, 1.82) is 0 Å². The fourth-order valence-corrected chi connectivity index (χ4v) is 2.83. The molecule has 0 saturated heterocycles. The van der Waals surface area contributed by atoms with E-state index in [-0.39, 0.29) is 0 Å². The highest BCUT2D eigenvalue weighted by molar-refractivity contribution is 5.26. The van der Waals surface area contributed by atoms with E-state index in [1.54, 1.807) is 5.56 Å². The van der Waals surface area contributed by atoms with Crippen molar-refractivity contribution in [3.8, 4) is 0 Å². The predicted octanol–water partition coefficient (Wildman–Crippen LogP) is 4.93. The van der Waals surface area contributed by atoms with Crippen LogP contribution < -0.4 is 0 Å². The van der Waals surface area contributed by atoms with E-state index in [9.17, 15) is 0 Å². The molecule has 0 unspecified atom stereocenters. The molecule has 1 aromatic rings. The molecule has 0 N–H and O–H groups in total. The second kappa shape index (κ2) is 5.52. The molecular weight excluding hydrogens is 192 g/mol. The Morgan fingerprint density at radius 2 is 1.62 bits per heavy atom. The summed E-state index contributed by atoms with van der Waals surface area (Å²) in [7, 11) is 0. The first kappa shape index (κ1) is 11.7. The first-order chi connectivity index (χ1) is 7.75. The fourth-order valence-electron chi connectivity index (χ4n) is 2.83. The summed E-state index contributed by atoms with van der Waals surface area (Å²) in [5, 5.41) is 0. The van der Waals surface area contributed by atoms with Gasteiger partial charge in [-0.1, -0.05) is 57.4 Å². The van der Waals surface area contributed by atoms with Crippen LogP contribution in [0, 0.1) is 5.92 Å². The van der Waals surface area contributed by atoms with Crippen molar-refractivity contribution in [1.82, 2.24) is 0 Å². The van der Waals surface area contributed by atoms with Crippen molar-refractivity contribution >= 4 is 0 Å². The quantitative estimate of drug-likeness (QED) is 0.672. The van der Waals surface area contributed by atoms with Gasteiger partial charge < -0.3 is 0 Å². The van der Waals surface area contributed by atoms with Crippen molar-refractivity contribution in [2.75, 3.05) is 0 Å². The summed E-state index contributed by atoms with van der Waals surface area (Å²) in [6.07, 6.45) is 8.33.